The second kappa shape index (κ2) is 6.47. The van der Waals surface area contributed by atoms with Crippen molar-refractivity contribution >= 4 is 31.3 Å². The van der Waals surface area contributed by atoms with Gasteiger partial charge in [-0.2, -0.15) is 16.8 Å². The van der Waals surface area contributed by atoms with Crippen molar-refractivity contribution in [2.75, 3.05) is 0 Å². The van der Waals surface area contributed by atoms with E-state index in [0.717, 1.165) is 10.9 Å². The van der Waals surface area contributed by atoms with Gasteiger partial charge in [-0.05, 0) is 30.5 Å². The highest BCUT2D eigenvalue weighted by Crippen LogP contribution is 2.27. The number of rotatable bonds is 5. The van der Waals surface area contributed by atoms with E-state index in [2.05, 4.69) is 3.63 Å². The molecular weight excluding hydrogens is 364 g/mol. The van der Waals surface area contributed by atoms with Gasteiger partial charge in [0.15, 0.2) is 5.75 Å². The van der Waals surface area contributed by atoms with E-state index in [1.165, 1.54) is 30.3 Å². The molecule has 0 aliphatic carbocycles. The van der Waals surface area contributed by atoms with Gasteiger partial charge in [0.05, 0.1) is 4.90 Å². The van der Waals surface area contributed by atoms with Gasteiger partial charge < -0.3 is 4.18 Å². The minimum absolute atomic E-state index is 0.0165. The number of aryl methyl sites for hydroxylation is 1. The smallest absolute Gasteiger partial charge is 0.360 e. The van der Waals surface area contributed by atoms with Crippen molar-refractivity contribution < 1.29 is 24.6 Å². The van der Waals surface area contributed by atoms with Crippen molar-refractivity contribution in [2.45, 2.75) is 11.8 Å². The predicted molar refractivity (Wildman–Crippen MR) is 92.9 cm³/mol. The van der Waals surface area contributed by atoms with Crippen molar-refractivity contribution in [1.29, 1.82) is 0 Å². The Hall–Kier alpha value is -2.42. The van der Waals surface area contributed by atoms with E-state index in [1.807, 2.05) is 0 Å². The van der Waals surface area contributed by atoms with Crippen LogP contribution < -0.4 is 4.18 Å². The minimum Gasteiger partial charge on any atom is -0.360 e. The van der Waals surface area contributed by atoms with Gasteiger partial charge in [0.25, 0.3) is 0 Å². The summed E-state index contributed by atoms with van der Waals surface area (Å²) in [6.07, 6.45) is 0. The molecule has 0 radical (unpaired) electrons. The van der Waals surface area contributed by atoms with Crippen LogP contribution in [0, 0.1) is 6.92 Å². The van der Waals surface area contributed by atoms with E-state index < -0.39 is 20.5 Å². The zero-order chi connectivity index (χ0) is 18.1. The molecule has 0 aliphatic rings. The van der Waals surface area contributed by atoms with Crippen LogP contribution in [0.5, 0.6) is 5.75 Å². The SMILES string of the molecule is Cc1ccc(S(=O)(=O)OS(=O)(=O)Oc2cccc3ccccc23)cc1. The van der Waals surface area contributed by atoms with E-state index in [4.69, 9.17) is 4.18 Å². The Bertz CT molecular complexity index is 1110. The topological polar surface area (TPSA) is 86.7 Å². The Morgan fingerprint density at radius 2 is 1.40 bits per heavy atom. The molecule has 0 saturated heterocycles. The van der Waals surface area contributed by atoms with Crippen LogP contribution in [-0.4, -0.2) is 16.8 Å². The van der Waals surface area contributed by atoms with Crippen molar-refractivity contribution in [1.82, 2.24) is 0 Å². The Morgan fingerprint density at radius 1 is 0.760 bits per heavy atom. The molecule has 0 heterocycles. The van der Waals surface area contributed by atoms with Gasteiger partial charge >= 0.3 is 20.5 Å². The van der Waals surface area contributed by atoms with Crippen molar-refractivity contribution in [3.8, 4) is 5.75 Å². The maximum atomic E-state index is 12.1. The third-order valence-electron chi connectivity index (χ3n) is 3.42. The Balaban J connectivity index is 1.90. The van der Waals surface area contributed by atoms with Crippen molar-refractivity contribution in [3.05, 3.63) is 72.3 Å². The predicted octanol–water partition coefficient (Wildman–Crippen LogP) is 3.18. The molecule has 3 aromatic rings. The van der Waals surface area contributed by atoms with E-state index in [1.54, 1.807) is 43.3 Å². The molecule has 25 heavy (non-hydrogen) atoms. The summed E-state index contributed by atoms with van der Waals surface area (Å²) in [5.41, 5.74) is 0.828. The summed E-state index contributed by atoms with van der Waals surface area (Å²) >= 11 is 0. The molecule has 0 aromatic heterocycles. The first kappa shape index (κ1) is 17.4. The normalized spacial score (nSPS) is 12.2. The molecule has 130 valence electrons. The summed E-state index contributed by atoms with van der Waals surface area (Å²) in [4.78, 5) is -0.275. The van der Waals surface area contributed by atoms with Gasteiger partial charge in [0, 0.05) is 5.39 Å². The van der Waals surface area contributed by atoms with Crippen LogP contribution in [0.3, 0.4) is 0 Å². The first-order chi connectivity index (χ1) is 11.8. The molecule has 3 rings (SSSR count). The number of hydrogen-bond acceptors (Lipinski definition) is 6. The fraction of sp³-hybridized carbons (Fsp3) is 0.0588. The molecule has 0 atom stereocenters. The van der Waals surface area contributed by atoms with Crippen LogP contribution in [0.4, 0.5) is 0 Å². The molecule has 3 aromatic carbocycles. The summed E-state index contributed by atoms with van der Waals surface area (Å²) in [5.74, 6) is -0.0165. The number of hydrogen-bond donors (Lipinski definition) is 0. The van der Waals surface area contributed by atoms with Crippen LogP contribution in [0.2, 0.25) is 0 Å². The van der Waals surface area contributed by atoms with Crippen molar-refractivity contribution in [2.24, 2.45) is 0 Å². The molecule has 0 N–H and O–H groups in total. The molecule has 0 unspecified atom stereocenters. The lowest BCUT2D eigenvalue weighted by Gasteiger charge is -2.09. The van der Waals surface area contributed by atoms with E-state index in [-0.39, 0.29) is 10.6 Å². The molecule has 8 heteroatoms. The van der Waals surface area contributed by atoms with Gasteiger partial charge in [-0.3, -0.25) is 0 Å². The quantitative estimate of drug-likeness (QED) is 0.678. The van der Waals surface area contributed by atoms with Crippen LogP contribution in [0.25, 0.3) is 10.8 Å². The van der Waals surface area contributed by atoms with Crippen molar-refractivity contribution in [3.63, 3.8) is 0 Å². The summed E-state index contributed by atoms with van der Waals surface area (Å²) in [7, 11) is -9.35. The second-order valence-electron chi connectivity index (χ2n) is 5.30. The van der Waals surface area contributed by atoms with Gasteiger partial charge in [-0.1, -0.05) is 54.1 Å². The van der Waals surface area contributed by atoms with Gasteiger partial charge in [-0.15, -0.1) is 3.63 Å². The Kier molecular flexibility index (Phi) is 4.51. The number of fused-ring (bicyclic) bond motifs is 1. The van der Waals surface area contributed by atoms with E-state index in [0.29, 0.717) is 5.39 Å². The molecule has 0 saturated carbocycles. The average molecular weight is 378 g/mol. The van der Waals surface area contributed by atoms with Crippen LogP contribution in [0.1, 0.15) is 5.56 Å². The highest BCUT2D eigenvalue weighted by molar-refractivity contribution is 7.98. The maximum absolute atomic E-state index is 12.1. The average Bonchev–Trinajstić information content (AvgIpc) is 2.54. The zero-order valence-electron chi connectivity index (χ0n) is 13.1. The fourth-order valence-corrected chi connectivity index (χ4v) is 4.38. The monoisotopic (exact) mass is 378 g/mol. The van der Waals surface area contributed by atoms with Gasteiger partial charge in [0.1, 0.15) is 0 Å². The summed E-state index contributed by atoms with van der Waals surface area (Å²) in [5, 5.41) is 1.27. The van der Waals surface area contributed by atoms with E-state index >= 15 is 0 Å². The number of benzene rings is 3. The van der Waals surface area contributed by atoms with E-state index in [9.17, 15) is 16.8 Å². The highest BCUT2D eigenvalue weighted by atomic mass is 32.3. The lowest BCUT2D eigenvalue weighted by molar-refractivity contribution is 0.390. The summed E-state index contributed by atoms with van der Waals surface area (Å²) < 4.78 is 57.6. The van der Waals surface area contributed by atoms with Gasteiger partial charge in [0.2, 0.25) is 0 Å². The molecule has 0 bridgehead atoms. The largest absolute Gasteiger partial charge is 0.464 e. The first-order valence-electron chi connectivity index (χ1n) is 7.22. The molecule has 0 amide bonds. The summed E-state index contributed by atoms with van der Waals surface area (Å²) in [6.45, 7) is 1.78. The van der Waals surface area contributed by atoms with Crippen LogP contribution in [-0.2, 0) is 24.1 Å². The van der Waals surface area contributed by atoms with Gasteiger partial charge in [-0.25, -0.2) is 0 Å². The molecule has 0 fully saturated rings. The highest BCUT2D eigenvalue weighted by Gasteiger charge is 2.27. The minimum atomic E-state index is -4.83. The molecular formula is C17H14O6S2. The standard InChI is InChI=1S/C17H14O6S2/c1-13-9-11-15(12-10-13)24(18,19)23-25(20,21)22-17-8-4-6-14-5-2-3-7-16(14)17/h2-12H,1H3. The zero-order valence-corrected chi connectivity index (χ0v) is 14.7. The maximum Gasteiger partial charge on any atom is 0.464 e. The van der Waals surface area contributed by atoms with Crippen LogP contribution >= 0.6 is 0 Å². The summed E-state index contributed by atoms with van der Waals surface area (Å²) in [6, 6.07) is 17.3. The second-order valence-corrected chi connectivity index (χ2v) is 8.21. The fourth-order valence-electron chi connectivity index (χ4n) is 2.25. The lowest BCUT2D eigenvalue weighted by Crippen LogP contribution is -2.19. The molecule has 0 aliphatic heterocycles. The first-order valence-corrected chi connectivity index (χ1v) is 9.96. The Morgan fingerprint density at radius 3 is 2.12 bits per heavy atom. The molecule has 0 spiro atoms. The third-order valence-corrected chi connectivity index (χ3v) is 6.04. The Labute approximate surface area is 146 Å². The lowest BCUT2D eigenvalue weighted by atomic mass is 10.1. The third kappa shape index (κ3) is 3.98. The van der Waals surface area contributed by atoms with Crippen LogP contribution in [0.15, 0.2) is 71.6 Å². The molecule has 6 nitrogen and oxygen atoms in total.